The molecule has 1 aliphatic rings. The van der Waals surface area contributed by atoms with E-state index in [-0.39, 0.29) is 29.5 Å². The number of hydrogen-bond donors (Lipinski definition) is 0. The van der Waals surface area contributed by atoms with Gasteiger partial charge in [0.25, 0.3) is 0 Å². The van der Waals surface area contributed by atoms with Crippen LogP contribution in [-0.2, 0) is 9.53 Å². The van der Waals surface area contributed by atoms with Gasteiger partial charge in [-0.05, 0) is 12.8 Å². The fourth-order valence-electron chi connectivity index (χ4n) is 2.45. The molecule has 0 atom stereocenters. The molecule has 2 aromatic rings. The van der Waals surface area contributed by atoms with Crippen LogP contribution >= 0.6 is 0 Å². The monoisotopic (exact) mass is 317 g/mol. The molecular formula is C14H15N5O4. The first-order valence-corrected chi connectivity index (χ1v) is 7.16. The molecule has 0 unspecified atom stereocenters. The van der Waals surface area contributed by atoms with Crippen LogP contribution in [0.2, 0.25) is 0 Å². The lowest BCUT2D eigenvalue weighted by Crippen LogP contribution is -2.40. The van der Waals surface area contributed by atoms with Crippen molar-refractivity contribution in [2.75, 3.05) is 20.2 Å². The van der Waals surface area contributed by atoms with E-state index in [2.05, 4.69) is 20.1 Å². The van der Waals surface area contributed by atoms with Gasteiger partial charge in [0.05, 0.1) is 19.2 Å². The third kappa shape index (κ3) is 3.17. The summed E-state index contributed by atoms with van der Waals surface area (Å²) >= 11 is 0. The average molecular weight is 317 g/mol. The summed E-state index contributed by atoms with van der Waals surface area (Å²) in [7, 11) is 1.37. The molecule has 0 radical (unpaired) electrons. The largest absolute Gasteiger partial charge is 0.469 e. The fourth-order valence-corrected chi connectivity index (χ4v) is 2.45. The Kier molecular flexibility index (Phi) is 4.26. The molecule has 1 amide bonds. The van der Waals surface area contributed by atoms with Crippen LogP contribution in [0.15, 0.2) is 23.1 Å². The number of nitrogens with zero attached hydrogens (tertiary/aromatic N) is 5. The summed E-state index contributed by atoms with van der Waals surface area (Å²) in [6, 6.07) is 0. The van der Waals surface area contributed by atoms with E-state index in [1.54, 1.807) is 4.90 Å². The van der Waals surface area contributed by atoms with Gasteiger partial charge >= 0.3 is 17.8 Å². The zero-order valence-electron chi connectivity index (χ0n) is 12.5. The molecular weight excluding hydrogens is 302 g/mol. The first-order valence-electron chi connectivity index (χ1n) is 7.16. The van der Waals surface area contributed by atoms with Crippen LogP contribution in [0.4, 0.5) is 0 Å². The average Bonchev–Trinajstić information content (AvgIpc) is 3.11. The Morgan fingerprint density at radius 2 is 2.09 bits per heavy atom. The lowest BCUT2D eigenvalue weighted by Gasteiger charge is -2.29. The summed E-state index contributed by atoms with van der Waals surface area (Å²) in [4.78, 5) is 37.5. The van der Waals surface area contributed by atoms with Gasteiger partial charge in [-0.1, -0.05) is 5.16 Å². The molecule has 3 heterocycles. The standard InChI is InChI=1S/C14H15N5O4/c1-22-14(21)9-2-6-19(7-3-9)13(20)12-17-11(18-23-12)10-8-15-4-5-16-10/h4-5,8-9H,2-3,6-7H2,1H3. The van der Waals surface area contributed by atoms with Crippen molar-refractivity contribution in [1.29, 1.82) is 0 Å². The maximum Gasteiger partial charge on any atom is 0.316 e. The second-order valence-electron chi connectivity index (χ2n) is 5.10. The van der Waals surface area contributed by atoms with Gasteiger partial charge in [-0.15, -0.1) is 0 Å². The van der Waals surface area contributed by atoms with Gasteiger partial charge in [-0.3, -0.25) is 14.6 Å². The van der Waals surface area contributed by atoms with Crippen LogP contribution < -0.4 is 0 Å². The lowest BCUT2D eigenvalue weighted by molar-refractivity contribution is -0.146. The highest BCUT2D eigenvalue weighted by molar-refractivity contribution is 5.90. The Labute approximate surface area is 131 Å². The predicted octanol–water partition coefficient (Wildman–Crippen LogP) is 0.552. The smallest absolute Gasteiger partial charge is 0.316 e. The number of likely N-dealkylation sites (tertiary alicyclic amines) is 1. The highest BCUT2D eigenvalue weighted by Gasteiger charge is 2.30. The highest BCUT2D eigenvalue weighted by atomic mass is 16.5. The summed E-state index contributed by atoms with van der Waals surface area (Å²) in [6.07, 6.45) is 5.64. The first kappa shape index (κ1) is 15.1. The Bertz CT molecular complexity index is 694. The van der Waals surface area contributed by atoms with Crippen LogP contribution in [0.5, 0.6) is 0 Å². The van der Waals surface area contributed by atoms with Crippen molar-refractivity contribution < 1.29 is 18.8 Å². The normalized spacial score (nSPS) is 15.4. The Morgan fingerprint density at radius 1 is 1.30 bits per heavy atom. The van der Waals surface area contributed by atoms with Gasteiger partial charge in [0.2, 0.25) is 5.82 Å². The van der Waals surface area contributed by atoms with Gasteiger partial charge in [0.1, 0.15) is 5.69 Å². The molecule has 3 rings (SSSR count). The number of esters is 1. The number of piperidine rings is 1. The number of methoxy groups -OCH3 is 1. The maximum atomic E-state index is 12.4. The summed E-state index contributed by atoms with van der Waals surface area (Å²) < 4.78 is 9.74. The molecule has 0 aromatic carbocycles. The summed E-state index contributed by atoms with van der Waals surface area (Å²) in [6.45, 7) is 0.892. The van der Waals surface area contributed by atoms with E-state index in [4.69, 9.17) is 9.26 Å². The Balaban J connectivity index is 1.66. The third-order valence-corrected chi connectivity index (χ3v) is 3.72. The minimum atomic E-state index is -0.351. The number of amides is 1. The third-order valence-electron chi connectivity index (χ3n) is 3.72. The van der Waals surface area contributed by atoms with Crippen molar-refractivity contribution in [3.63, 3.8) is 0 Å². The molecule has 0 saturated carbocycles. The number of aromatic nitrogens is 4. The van der Waals surface area contributed by atoms with E-state index in [0.717, 1.165) is 0 Å². The molecule has 2 aromatic heterocycles. The highest BCUT2D eigenvalue weighted by Crippen LogP contribution is 2.20. The van der Waals surface area contributed by atoms with Gasteiger partial charge in [-0.2, -0.15) is 4.98 Å². The molecule has 0 bridgehead atoms. The zero-order valence-corrected chi connectivity index (χ0v) is 12.5. The number of ether oxygens (including phenoxy) is 1. The molecule has 0 spiro atoms. The molecule has 0 N–H and O–H groups in total. The summed E-state index contributed by atoms with van der Waals surface area (Å²) in [5.74, 6) is -0.634. The minimum Gasteiger partial charge on any atom is -0.469 e. The van der Waals surface area contributed by atoms with Crippen LogP contribution in [0, 0.1) is 5.92 Å². The van der Waals surface area contributed by atoms with Crippen LogP contribution in [0.25, 0.3) is 11.5 Å². The molecule has 23 heavy (non-hydrogen) atoms. The van der Waals surface area contributed by atoms with E-state index < -0.39 is 0 Å². The van der Waals surface area contributed by atoms with Crippen LogP contribution in [0.1, 0.15) is 23.5 Å². The molecule has 1 aliphatic heterocycles. The number of carbonyl (C=O) groups excluding carboxylic acids is 2. The quantitative estimate of drug-likeness (QED) is 0.755. The van der Waals surface area contributed by atoms with E-state index in [1.807, 2.05) is 0 Å². The van der Waals surface area contributed by atoms with Crippen molar-refractivity contribution in [2.24, 2.45) is 5.92 Å². The summed E-state index contributed by atoms with van der Waals surface area (Å²) in [5, 5.41) is 3.75. The number of rotatable bonds is 3. The molecule has 1 fully saturated rings. The summed E-state index contributed by atoms with van der Waals surface area (Å²) in [5.41, 5.74) is 0.430. The van der Waals surface area contributed by atoms with Crippen molar-refractivity contribution in [1.82, 2.24) is 25.0 Å². The van der Waals surface area contributed by atoms with Gasteiger partial charge in [0, 0.05) is 25.5 Å². The minimum absolute atomic E-state index is 0.0952. The second kappa shape index (κ2) is 6.51. The van der Waals surface area contributed by atoms with Crippen molar-refractivity contribution in [2.45, 2.75) is 12.8 Å². The van der Waals surface area contributed by atoms with E-state index in [1.165, 1.54) is 25.7 Å². The second-order valence-corrected chi connectivity index (χ2v) is 5.10. The number of carbonyl (C=O) groups is 2. The number of hydrogen-bond acceptors (Lipinski definition) is 8. The molecule has 9 heteroatoms. The van der Waals surface area contributed by atoms with Crippen LogP contribution in [-0.4, -0.2) is 57.1 Å². The van der Waals surface area contributed by atoms with E-state index in [0.29, 0.717) is 31.6 Å². The van der Waals surface area contributed by atoms with Crippen LogP contribution in [0.3, 0.4) is 0 Å². The molecule has 0 aliphatic carbocycles. The Hall–Kier alpha value is -2.84. The molecule has 9 nitrogen and oxygen atoms in total. The van der Waals surface area contributed by atoms with Crippen molar-refractivity contribution >= 4 is 11.9 Å². The van der Waals surface area contributed by atoms with Gasteiger partial charge < -0.3 is 14.2 Å². The maximum absolute atomic E-state index is 12.4. The van der Waals surface area contributed by atoms with Crippen molar-refractivity contribution in [3.8, 4) is 11.5 Å². The fraction of sp³-hybridized carbons (Fsp3) is 0.429. The molecule has 1 saturated heterocycles. The predicted molar refractivity (Wildman–Crippen MR) is 76.0 cm³/mol. The molecule has 120 valence electrons. The van der Waals surface area contributed by atoms with Gasteiger partial charge in [0.15, 0.2) is 0 Å². The lowest BCUT2D eigenvalue weighted by atomic mass is 9.97. The SMILES string of the molecule is COC(=O)C1CCN(C(=O)c2nc(-c3cnccn3)no2)CC1. The van der Waals surface area contributed by atoms with E-state index in [9.17, 15) is 9.59 Å². The first-order chi connectivity index (χ1) is 11.2. The van der Waals surface area contributed by atoms with Crippen molar-refractivity contribution in [3.05, 3.63) is 24.5 Å². The topological polar surface area (TPSA) is 111 Å². The zero-order chi connectivity index (χ0) is 16.2. The van der Waals surface area contributed by atoms with E-state index >= 15 is 0 Å². The Morgan fingerprint density at radius 3 is 2.74 bits per heavy atom. The van der Waals surface area contributed by atoms with Gasteiger partial charge in [-0.25, -0.2) is 4.98 Å².